The summed E-state index contributed by atoms with van der Waals surface area (Å²) in [5.74, 6) is 0.145. The van der Waals surface area contributed by atoms with E-state index in [0.717, 1.165) is 6.07 Å². The maximum atomic E-state index is 13.3. The van der Waals surface area contributed by atoms with E-state index in [9.17, 15) is 18.0 Å². The predicted octanol–water partition coefficient (Wildman–Crippen LogP) is 5.00. The molecule has 0 saturated carbocycles. The van der Waals surface area contributed by atoms with E-state index in [4.69, 9.17) is 4.42 Å². The van der Waals surface area contributed by atoms with Gasteiger partial charge in [-0.05, 0) is 48.0 Å². The van der Waals surface area contributed by atoms with Crippen LogP contribution in [0.4, 0.5) is 24.5 Å². The van der Waals surface area contributed by atoms with Crippen molar-refractivity contribution in [2.45, 2.75) is 20.0 Å². The molecule has 130 valence electrons. The molecule has 0 saturated heterocycles. The maximum Gasteiger partial charge on any atom is 0.418 e. The number of halogens is 4. The first-order valence-corrected chi connectivity index (χ1v) is 7.77. The number of hydrogen-bond acceptors (Lipinski definition) is 3. The molecule has 0 unspecified atom stereocenters. The second-order valence-corrected chi connectivity index (χ2v) is 6.27. The highest BCUT2D eigenvalue weighted by Gasteiger charge is 2.35. The molecule has 0 aliphatic carbocycles. The van der Waals surface area contributed by atoms with Gasteiger partial charge in [0.1, 0.15) is 11.5 Å². The van der Waals surface area contributed by atoms with Crippen molar-refractivity contribution in [1.82, 2.24) is 0 Å². The van der Waals surface area contributed by atoms with Gasteiger partial charge in [0.2, 0.25) is 0 Å². The predicted molar refractivity (Wildman–Crippen MR) is 89.6 cm³/mol. The fraction of sp³-hybridized carbons (Fsp3) is 0.312. The summed E-state index contributed by atoms with van der Waals surface area (Å²) in [5, 5.41) is 2.33. The minimum atomic E-state index is -4.59. The van der Waals surface area contributed by atoms with E-state index < -0.39 is 17.6 Å². The van der Waals surface area contributed by atoms with Crippen LogP contribution in [0.1, 0.15) is 27.4 Å². The zero-order valence-electron chi connectivity index (χ0n) is 13.5. The monoisotopic (exact) mass is 404 g/mol. The topological polar surface area (TPSA) is 45.5 Å². The standard InChI is InChI=1S/C16H16BrF3N2O2/c1-8-13(14(17)9(2)24-8)15(23)21-12-6-5-10(22(3)4)7-11(12)16(18,19)20/h5-7H,1-4H3,(H,21,23). The van der Waals surface area contributed by atoms with E-state index in [2.05, 4.69) is 21.2 Å². The van der Waals surface area contributed by atoms with Crippen LogP contribution in [0.25, 0.3) is 0 Å². The molecule has 2 rings (SSSR count). The van der Waals surface area contributed by atoms with Gasteiger partial charge in [-0.15, -0.1) is 0 Å². The van der Waals surface area contributed by atoms with Gasteiger partial charge in [0.25, 0.3) is 5.91 Å². The largest absolute Gasteiger partial charge is 0.465 e. The van der Waals surface area contributed by atoms with Gasteiger partial charge in [-0.1, -0.05) is 0 Å². The third-order valence-electron chi connectivity index (χ3n) is 3.49. The van der Waals surface area contributed by atoms with Gasteiger partial charge in [0, 0.05) is 19.8 Å². The lowest BCUT2D eigenvalue weighted by atomic mass is 10.1. The number of nitrogens with one attached hydrogen (secondary N) is 1. The summed E-state index contributed by atoms with van der Waals surface area (Å²) < 4.78 is 45.7. The highest BCUT2D eigenvalue weighted by molar-refractivity contribution is 9.10. The highest BCUT2D eigenvalue weighted by atomic mass is 79.9. The van der Waals surface area contributed by atoms with E-state index in [1.54, 1.807) is 32.8 Å². The van der Waals surface area contributed by atoms with Crippen molar-refractivity contribution in [2.24, 2.45) is 0 Å². The zero-order chi connectivity index (χ0) is 18.2. The Morgan fingerprint density at radius 3 is 2.29 bits per heavy atom. The van der Waals surface area contributed by atoms with Crippen molar-refractivity contribution in [3.05, 3.63) is 45.3 Å². The Hall–Kier alpha value is -1.96. The van der Waals surface area contributed by atoms with Gasteiger partial charge in [-0.3, -0.25) is 4.79 Å². The van der Waals surface area contributed by atoms with Crippen LogP contribution < -0.4 is 10.2 Å². The maximum absolute atomic E-state index is 13.3. The molecule has 1 aromatic carbocycles. The molecule has 0 aliphatic rings. The van der Waals surface area contributed by atoms with E-state index in [1.807, 2.05) is 0 Å². The lowest BCUT2D eigenvalue weighted by Gasteiger charge is -2.18. The number of rotatable bonds is 3. The molecular formula is C16H16BrF3N2O2. The van der Waals surface area contributed by atoms with Crippen LogP contribution in [0.2, 0.25) is 0 Å². The molecular weight excluding hydrogens is 389 g/mol. The molecule has 8 heteroatoms. The number of alkyl halides is 3. The minimum Gasteiger partial charge on any atom is -0.465 e. The zero-order valence-corrected chi connectivity index (χ0v) is 15.1. The normalized spacial score (nSPS) is 11.5. The summed E-state index contributed by atoms with van der Waals surface area (Å²) in [4.78, 5) is 13.9. The third-order valence-corrected chi connectivity index (χ3v) is 4.44. The van der Waals surface area contributed by atoms with Crippen molar-refractivity contribution in [3.8, 4) is 0 Å². The highest BCUT2D eigenvalue weighted by Crippen LogP contribution is 2.38. The quantitative estimate of drug-likeness (QED) is 0.782. The molecule has 4 nitrogen and oxygen atoms in total. The molecule has 0 radical (unpaired) electrons. The van der Waals surface area contributed by atoms with Crippen LogP contribution >= 0.6 is 15.9 Å². The van der Waals surface area contributed by atoms with Crippen LogP contribution in [0.5, 0.6) is 0 Å². The summed E-state index contributed by atoms with van der Waals surface area (Å²) in [6.07, 6.45) is -4.59. The van der Waals surface area contributed by atoms with Gasteiger partial charge < -0.3 is 14.6 Å². The Balaban J connectivity index is 2.44. The first-order valence-electron chi connectivity index (χ1n) is 6.97. The first-order chi connectivity index (χ1) is 11.0. The molecule has 0 aliphatic heterocycles. The van der Waals surface area contributed by atoms with Gasteiger partial charge in [0.15, 0.2) is 0 Å². The van der Waals surface area contributed by atoms with E-state index in [1.165, 1.54) is 12.1 Å². The Morgan fingerprint density at radius 1 is 1.21 bits per heavy atom. The van der Waals surface area contributed by atoms with Crippen LogP contribution in [0, 0.1) is 13.8 Å². The Morgan fingerprint density at radius 2 is 1.83 bits per heavy atom. The minimum absolute atomic E-state index is 0.178. The smallest absolute Gasteiger partial charge is 0.418 e. The fourth-order valence-electron chi connectivity index (χ4n) is 2.25. The molecule has 0 fully saturated rings. The number of carbonyl (C=O) groups excluding carboxylic acids is 1. The van der Waals surface area contributed by atoms with Crippen LogP contribution in [-0.4, -0.2) is 20.0 Å². The van der Waals surface area contributed by atoms with Crippen molar-refractivity contribution in [1.29, 1.82) is 0 Å². The molecule has 2 aromatic rings. The number of aryl methyl sites for hydroxylation is 2. The summed E-state index contributed by atoms with van der Waals surface area (Å²) in [5.41, 5.74) is -0.645. The Bertz CT molecular complexity index is 782. The van der Waals surface area contributed by atoms with Crippen LogP contribution in [0.15, 0.2) is 27.1 Å². The average molecular weight is 405 g/mol. The first kappa shape index (κ1) is 18.4. The van der Waals surface area contributed by atoms with Crippen molar-refractivity contribution in [2.75, 3.05) is 24.3 Å². The third kappa shape index (κ3) is 3.58. The fourth-order valence-corrected chi connectivity index (χ4v) is 2.79. The lowest BCUT2D eigenvalue weighted by molar-refractivity contribution is -0.136. The Labute approximate surface area is 145 Å². The summed E-state index contributed by atoms with van der Waals surface area (Å²) >= 11 is 3.22. The molecule has 1 aromatic heterocycles. The van der Waals surface area contributed by atoms with Crippen LogP contribution in [0.3, 0.4) is 0 Å². The van der Waals surface area contributed by atoms with Gasteiger partial charge >= 0.3 is 6.18 Å². The summed E-state index contributed by atoms with van der Waals surface area (Å²) in [6.45, 7) is 3.23. The SMILES string of the molecule is Cc1oc(C)c(C(=O)Nc2ccc(N(C)C)cc2C(F)(F)F)c1Br. The number of furan rings is 1. The number of hydrogen-bond donors (Lipinski definition) is 1. The second kappa shape index (κ2) is 6.51. The molecule has 0 spiro atoms. The van der Waals surface area contributed by atoms with E-state index in [0.29, 0.717) is 21.7 Å². The number of anilines is 2. The molecule has 0 atom stereocenters. The van der Waals surface area contributed by atoms with E-state index >= 15 is 0 Å². The van der Waals surface area contributed by atoms with Crippen LogP contribution in [-0.2, 0) is 6.18 Å². The van der Waals surface area contributed by atoms with Crippen molar-refractivity contribution >= 4 is 33.2 Å². The number of carbonyl (C=O) groups is 1. The second-order valence-electron chi connectivity index (χ2n) is 5.48. The van der Waals surface area contributed by atoms with E-state index in [-0.39, 0.29) is 11.3 Å². The lowest BCUT2D eigenvalue weighted by Crippen LogP contribution is -2.18. The van der Waals surface area contributed by atoms with Gasteiger partial charge in [0.05, 0.1) is 21.3 Å². The van der Waals surface area contributed by atoms with Gasteiger partial charge in [-0.2, -0.15) is 13.2 Å². The number of nitrogens with zero attached hydrogens (tertiary/aromatic N) is 1. The number of benzene rings is 1. The summed E-state index contributed by atoms with van der Waals surface area (Å²) in [6, 6.07) is 3.75. The molecule has 1 heterocycles. The molecule has 24 heavy (non-hydrogen) atoms. The molecule has 1 amide bonds. The van der Waals surface area contributed by atoms with Crippen molar-refractivity contribution in [3.63, 3.8) is 0 Å². The molecule has 0 bridgehead atoms. The van der Waals surface area contributed by atoms with Crippen molar-refractivity contribution < 1.29 is 22.4 Å². The molecule has 1 N–H and O–H groups in total. The Kier molecular flexibility index (Phi) is 4.98. The average Bonchev–Trinajstić information content (AvgIpc) is 2.71. The number of amides is 1. The summed E-state index contributed by atoms with van der Waals surface area (Å²) in [7, 11) is 3.28. The van der Waals surface area contributed by atoms with Gasteiger partial charge in [-0.25, -0.2) is 0 Å².